The number of hydrogen-bond donors (Lipinski definition) is 1. The number of nitrogens with zero attached hydrogens (tertiary/aromatic N) is 2. The molecule has 1 aromatic heterocycles. The van der Waals surface area contributed by atoms with Crippen LogP contribution in [0.25, 0.3) is 0 Å². The SMILES string of the molecule is CCn1cncc1COc1ccc(Br)c(CNC)c1. The molecule has 5 heteroatoms. The lowest BCUT2D eigenvalue weighted by Gasteiger charge is -2.10. The molecule has 0 bridgehead atoms. The largest absolute Gasteiger partial charge is 0.487 e. The van der Waals surface area contributed by atoms with Crippen molar-refractivity contribution in [3.8, 4) is 5.75 Å². The van der Waals surface area contributed by atoms with Crippen LogP contribution in [0, 0.1) is 0 Å². The first-order chi connectivity index (χ1) is 9.24. The third kappa shape index (κ3) is 3.58. The number of benzene rings is 1. The molecule has 0 unspecified atom stereocenters. The lowest BCUT2D eigenvalue weighted by Crippen LogP contribution is -2.07. The molecule has 1 N–H and O–H groups in total. The molecule has 0 atom stereocenters. The Kier molecular flexibility index (Phi) is 4.99. The molecule has 4 nitrogen and oxygen atoms in total. The first-order valence-electron chi connectivity index (χ1n) is 6.29. The van der Waals surface area contributed by atoms with Gasteiger partial charge in [0.15, 0.2) is 0 Å². The minimum Gasteiger partial charge on any atom is -0.487 e. The zero-order valence-corrected chi connectivity index (χ0v) is 12.8. The van der Waals surface area contributed by atoms with E-state index in [2.05, 4.69) is 37.7 Å². The van der Waals surface area contributed by atoms with Gasteiger partial charge in [0, 0.05) is 17.6 Å². The maximum absolute atomic E-state index is 5.83. The Bertz CT molecular complexity index is 539. The van der Waals surface area contributed by atoms with Crippen molar-refractivity contribution < 1.29 is 4.74 Å². The predicted octanol–water partition coefficient (Wildman–Crippen LogP) is 2.96. The van der Waals surface area contributed by atoms with Crippen LogP contribution in [-0.2, 0) is 19.7 Å². The molecular weight excluding hydrogens is 306 g/mol. The fourth-order valence-electron chi connectivity index (χ4n) is 1.88. The maximum Gasteiger partial charge on any atom is 0.130 e. The number of aryl methyl sites for hydroxylation is 1. The van der Waals surface area contributed by atoms with Crippen molar-refractivity contribution in [3.63, 3.8) is 0 Å². The summed E-state index contributed by atoms with van der Waals surface area (Å²) in [6.07, 6.45) is 3.67. The summed E-state index contributed by atoms with van der Waals surface area (Å²) in [5, 5.41) is 3.14. The van der Waals surface area contributed by atoms with Crippen LogP contribution in [0.3, 0.4) is 0 Å². The minimum atomic E-state index is 0.536. The average molecular weight is 324 g/mol. The molecule has 102 valence electrons. The summed E-state index contributed by atoms with van der Waals surface area (Å²) in [5.41, 5.74) is 2.27. The van der Waals surface area contributed by atoms with Gasteiger partial charge in [0.2, 0.25) is 0 Å². The van der Waals surface area contributed by atoms with Crippen molar-refractivity contribution in [2.24, 2.45) is 0 Å². The second kappa shape index (κ2) is 6.73. The number of nitrogens with one attached hydrogen (secondary N) is 1. The predicted molar refractivity (Wildman–Crippen MR) is 79.1 cm³/mol. The first-order valence-corrected chi connectivity index (χ1v) is 7.08. The highest BCUT2D eigenvalue weighted by Gasteiger charge is 2.04. The Balaban J connectivity index is 2.05. The zero-order chi connectivity index (χ0) is 13.7. The van der Waals surface area contributed by atoms with E-state index in [4.69, 9.17) is 4.74 Å². The van der Waals surface area contributed by atoms with Crippen molar-refractivity contribution >= 4 is 15.9 Å². The standard InChI is InChI=1S/C14H18BrN3O/c1-3-18-10-17-8-12(18)9-19-13-4-5-14(15)11(6-13)7-16-2/h4-6,8,10,16H,3,7,9H2,1-2H3. The summed E-state index contributed by atoms with van der Waals surface area (Å²) in [5.74, 6) is 0.873. The van der Waals surface area contributed by atoms with Crippen LogP contribution >= 0.6 is 15.9 Å². The van der Waals surface area contributed by atoms with Gasteiger partial charge in [-0.05, 0) is 37.7 Å². The van der Waals surface area contributed by atoms with Crippen molar-refractivity contribution in [3.05, 3.63) is 46.5 Å². The van der Waals surface area contributed by atoms with Crippen LogP contribution in [-0.4, -0.2) is 16.6 Å². The smallest absolute Gasteiger partial charge is 0.130 e. The van der Waals surface area contributed by atoms with E-state index in [1.165, 1.54) is 5.56 Å². The number of imidazole rings is 1. The number of aromatic nitrogens is 2. The number of rotatable bonds is 6. The van der Waals surface area contributed by atoms with Crippen LogP contribution in [0.2, 0.25) is 0 Å². The molecule has 0 radical (unpaired) electrons. The average Bonchev–Trinajstić information content (AvgIpc) is 2.87. The number of ether oxygens (including phenoxy) is 1. The summed E-state index contributed by atoms with van der Waals surface area (Å²) in [4.78, 5) is 4.13. The summed E-state index contributed by atoms with van der Waals surface area (Å²) in [6.45, 7) is 4.35. The molecule has 0 saturated heterocycles. The Morgan fingerprint density at radius 1 is 1.42 bits per heavy atom. The van der Waals surface area contributed by atoms with E-state index in [9.17, 15) is 0 Å². The van der Waals surface area contributed by atoms with Gasteiger partial charge in [-0.2, -0.15) is 0 Å². The van der Waals surface area contributed by atoms with E-state index in [1.807, 2.05) is 37.8 Å². The van der Waals surface area contributed by atoms with Gasteiger partial charge in [-0.25, -0.2) is 4.98 Å². The first kappa shape index (κ1) is 14.1. The monoisotopic (exact) mass is 323 g/mol. The number of hydrogen-bond acceptors (Lipinski definition) is 3. The molecule has 2 rings (SSSR count). The van der Waals surface area contributed by atoms with Gasteiger partial charge in [0.1, 0.15) is 12.4 Å². The molecular formula is C14H18BrN3O. The summed E-state index contributed by atoms with van der Waals surface area (Å²) in [6, 6.07) is 6.03. The highest BCUT2D eigenvalue weighted by Crippen LogP contribution is 2.23. The van der Waals surface area contributed by atoms with Crippen LogP contribution in [0.15, 0.2) is 35.2 Å². The summed E-state index contributed by atoms with van der Waals surface area (Å²) in [7, 11) is 1.93. The van der Waals surface area contributed by atoms with Crippen LogP contribution in [0.1, 0.15) is 18.2 Å². The Hall–Kier alpha value is -1.33. The highest BCUT2D eigenvalue weighted by atomic mass is 79.9. The van der Waals surface area contributed by atoms with Crippen LogP contribution in [0.4, 0.5) is 0 Å². The van der Waals surface area contributed by atoms with Crippen molar-refractivity contribution in [1.29, 1.82) is 0 Å². The molecule has 1 aromatic carbocycles. The fraction of sp³-hybridized carbons (Fsp3) is 0.357. The molecule has 2 aromatic rings. The van der Waals surface area contributed by atoms with E-state index < -0.39 is 0 Å². The second-order valence-corrected chi connectivity index (χ2v) is 5.10. The minimum absolute atomic E-state index is 0.536. The topological polar surface area (TPSA) is 39.1 Å². The third-order valence-electron chi connectivity index (χ3n) is 2.91. The van der Waals surface area contributed by atoms with E-state index in [1.54, 1.807) is 0 Å². The van der Waals surface area contributed by atoms with Crippen LogP contribution < -0.4 is 10.1 Å². The van der Waals surface area contributed by atoms with E-state index in [0.717, 1.165) is 29.0 Å². The quantitative estimate of drug-likeness (QED) is 0.888. The van der Waals surface area contributed by atoms with Gasteiger partial charge in [0.05, 0.1) is 18.2 Å². The van der Waals surface area contributed by atoms with Crippen LogP contribution in [0.5, 0.6) is 5.75 Å². The molecule has 0 aliphatic heterocycles. The number of halogens is 1. The Morgan fingerprint density at radius 3 is 3.00 bits per heavy atom. The normalized spacial score (nSPS) is 10.7. The fourth-order valence-corrected chi connectivity index (χ4v) is 2.26. The Morgan fingerprint density at radius 2 is 2.26 bits per heavy atom. The van der Waals surface area contributed by atoms with Crippen molar-refractivity contribution in [1.82, 2.24) is 14.9 Å². The molecule has 0 aliphatic rings. The summed E-state index contributed by atoms with van der Waals surface area (Å²) < 4.78 is 8.99. The van der Waals surface area contributed by atoms with Gasteiger partial charge in [-0.1, -0.05) is 15.9 Å². The lowest BCUT2D eigenvalue weighted by molar-refractivity contribution is 0.295. The lowest BCUT2D eigenvalue weighted by atomic mass is 10.2. The van der Waals surface area contributed by atoms with Crippen molar-refractivity contribution in [2.75, 3.05) is 7.05 Å². The van der Waals surface area contributed by atoms with E-state index in [-0.39, 0.29) is 0 Å². The maximum atomic E-state index is 5.83. The molecule has 1 heterocycles. The Labute approximate surface area is 121 Å². The zero-order valence-electron chi connectivity index (χ0n) is 11.2. The van der Waals surface area contributed by atoms with Gasteiger partial charge in [0.25, 0.3) is 0 Å². The van der Waals surface area contributed by atoms with Gasteiger partial charge in [-0.15, -0.1) is 0 Å². The highest BCUT2D eigenvalue weighted by molar-refractivity contribution is 9.10. The van der Waals surface area contributed by atoms with E-state index >= 15 is 0 Å². The third-order valence-corrected chi connectivity index (χ3v) is 3.68. The van der Waals surface area contributed by atoms with Crippen molar-refractivity contribution in [2.45, 2.75) is 26.6 Å². The molecule has 0 saturated carbocycles. The molecule has 0 spiro atoms. The van der Waals surface area contributed by atoms with Gasteiger partial charge >= 0.3 is 0 Å². The molecule has 0 aliphatic carbocycles. The van der Waals surface area contributed by atoms with E-state index in [0.29, 0.717) is 6.61 Å². The molecule has 19 heavy (non-hydrogen) atoms. The van der Waals surface area contributed by atoms with Gasteiger partial charge in [-0.3, -0.25) is 0 Å². The molecule has 0 amide bonds. The second-order valence-electron chi connectivity index (χ2n) is 4.24. The summed E-state index contributed by atoms with van der Waals surface area (Å²) >= 11 is 3.53. The molecule has 0 fully saturated rings. The van der Waals surface area contributed by atoms with Gasteiger partial charge < -0.3 is 14.6 Å².